The van der Waals surface area contributed by atoms with Crippen molar-refractivity contribution < 1.29 is 32.7 Å². The van der Waals surface area contributed by atoms with E-state index in [1.54, 1.807) is 0 Å². The fourth-order valence-corrected chi connectivity index (χ4v) is 3.98. The molecule has 1 radical (unpaired) electrons. The number of hydrogen-bond donors (Lipinski definition) is 1. The molecule has 2 aliphatic rings. The Morgan fingerprint density at radius 1 is 1.03 bits per heavy atom. The van der Waals surface area contributed by atoms with Gasteiger partial charge in [0.1, 0.15) is 5.82 Å². The Hall–Kier alpha value is -1.62. The molecular weight excluding hydrogens is 445 g/mol. The first-order valence-electron chi connectivity index (χ1n) is 10.4. The van der Waals surface area contributed by atoms with E-state index in [9.17, 15) is 0 Å². The van der Waals surface area contributed by atoms with Crippen LogP contribution in [0.25, 0.3) is 17.0 Å². The van der Waals surface area contributed by atoms with Crippen LogP contribution >= 0.6 is 0 Å². The standard InChI is InChI=1S/C15H15N2.C9H12N.CH5N.Y/c1-3-11-6-7-13(9-12(11)4-1)14-10-17-8-2-5-15(17)16-14;1-6-4-9(10)5-7(2)8(6)3;1-2;/h4,6-7,9-10H,1-3,5,8H2;4-5,10H,1-3H3;2H2,1H3;/q2*-1;;. The van der Waals surface area contributed by atoms with E-state index in [1.165, 1.54) is 65.5 Å². The number of benzene rings is 2. The largest absolute Gasteiger partial charge is 0.699 e. The van der Waals surface area contributed by atoms with Crippen molar-refractivity contribution in [3.63, 3.8) is 0 Å². The molecule has 0 bridgehead atoms. The van der Waals surface area contributed by atoms with Crippen molar-refractivity contribution in [3.05, 3.63) is 82.3 Å². The molecule has 1 aliphatic carbocycles. The van der Waals surface area contributed by atoms with E-state index in [-0.39, 0.29) is 32.7 Å². The predicted octanol–water partition coefficient (Wildman–Crippen LogP) is 5.86. The maximum absolute atomic E-state index is 7.37. The SMILES string of the molecule is CN.Cc1cc([NH-])cc(C)c1C.[Y].c1cc2c(cc1-c1cn3c(n1)CCC3)[CH-]CC2. The summed E-state index contributed by atoms with van der Waals surface area (Å²) in [7, 11) is 1.50. The summed E-state index contributed by atoms with van der Waals surface area (Å²) in [6.07, 6.45) is 9.33. The van der Waals surface area contributed by atoms with Gasteiger partial charge in [0.2, 0.25) is 0 Å². The van der Waals surface area contributed by atoms with Crippen LogP contribution in [0.2, 0.25) is 0 Å². The topological polar surface area (TPSA) is 67.6 Å². The third-order valence-electron chi connectivity index (χ3n) is 5.81. The number of aryl methyl sites for hydroxylation is 5. The Balaban J connectivity index is 0.000000214. The second-order valence-electron chi connectivity index (χ2n) is 7.73. The van der Waals surface area contributed by atoms with E-state index in [2.05, 4.69) is 48.0 Å². The van der Waals surface area contributed by atoms with Crippen LogP contribution in [0.4, 0.5) is 5.69 Å². The number of nitrogens with one attached hydrogen (secondary N) is 1. The van der Waals surface area contributed by atoms with Gasteiger partial charge in [-0.25, -0.2) is 4.98 Å². The Kier molecular flexibility index (Phi) is 9.15. The van der Waals surface area contributed by atoms with Crippen LogP contribution in [-0.2, 0) is 52.1 Å². The van der Waals surface area contributed by atoms with Gasteiger partial charge < -0.3 is 16.0 Å². The van der Waals surface area contributed by atoms with E-state index in [1.807, 2.05) is 26.0 Å². The van der Waals surface area contributed by atoms with Crippen molar-refractivity contribution >= 4 is 5.69 Å². The molecule has 0 saturated carbocycles. The molecule has 4 nitrogen and oxygen atoms in total. The van der Waals surface area contributed by atoms with Crippen LogP contribution in [0.15, 0.2) is 36.5 Å². The van der Waals surface area contributed by atoms with E-state index in [0.29, 0.717) is 5.69 Å². The molecule has 1 aromatic heterocycles. The number of nitrogens with two attached hydrogens (primary N) is 1. The van der Waals surface area contributed by atoms with E-state index >= 15 is 0 Å². The number of imidazole rings is 1. The first-order valence-corrected chi connectivity index (χ1v) is 10.4. The zero-order chi connectivity index (χ0) is 21.0. The van der Waals surface area contributed by atoms with Crippen LogP contribution in [0.3, 0.4) is 0 Å². The fourth-order valence-electron chi connectivity index (χ4n) is 3.98. The number of fused-ring (bicyclic) bond motifs is 2. The molecule has 157 valence electrons. The molecule has 0 unspecified atom stereocenters. The van der Waals surface area contributed by atoms with Gasteiger partial charge in [0.05, 0.1) is 5.69 Å². The van der Waals surface area contributed by atoms with Gasteiger partial charge in [-0.15, -0.1) is 17.3 Å². The predicted molar refractivity (Wildman–Crippen MR) is 122 cm³/mol. The van der Waals surface area contributed by atoms with Crippen LogP contribution < -0.4 is 5.73 Å². The molecule has 0 fully saturated rings. The minimum atomic E-state index is 0. The molecule has 5 rings (SSSR count). The number of nitrogens with zero attached hydrogens (tertiary/aromatic N) is 2. The van der Waals surface area contributed by atoms with Crippen molar-refractivity contribution in [2.24, 2.45) is 5.73 Å². The van der Waals surface area contributed by atoms with Crippen LogP contribution in [0.5, 0.6) is 0 Å². The Morgan fingerprint density at radius 2 is 1.73 bits per heavy atom. The summed E-state index contributed by atoms with van der Waals surface area (Å²) in [5.41, 5.74) is 21.5. The van der Waals surface area contributed by atoms with E-state index in [4.69, 9.17) is 10.7 Å². The zero-order valence-corrected chi connectivity index (χ0v) is 21.5. The molecule has 0 spiro atoms. The minimum absolute atomic E-state index is 0. The first-order chi connectivity index (χ1) is 14.0. The Morgan fingerprint density at radius 3 is 2.40 bits per heavy atom. The number of hydrogen-bond acceptors (Lipinski definition) is 2. The van der Waals surface area contributed by atoms with Gasteiger partial charge >= 0.3 is 0 Å². The smallest absolute Gasteiger partial charge is 0.109 e. The van der Waals surface area contributed by atoms with Gasteiger partial charge in [-0.1, -0.05) is 36.6 Å². The molecule has 30 heavy (non-hydrogen) atoms. The average molecular weight is 477 g/mol. The normalized spacial score (nSPS) is 13.0. The first kappa shape index (κ1) is 24.7. The van der Waals surface area contributed by atoms with Gasteiger partial charge in [-0.2, -0.15) is 18.1 Å². The van der Waals surface area contributed by atoms with Gasteiger partial charge in [0.25, 0.3) is 0 Å². The Bertz CT molecular complexity index is 946. The molecule has 1 aliphatic heterocycles. The van der Waals surface area contributed by atoms with Crippen LogP contribution in [0.1, 0.15) is 46.5 Å². The van der Waals surface area contributed by atoms with Crippen molar-refractivity contribution in [1.82, 2.24) is 9.55 Å². The summed E-state index contributed by atoms with van der Waals surface area (Å²) in [5.74, 6) is 1.25. The third kappa shape index (κ3) is 5.54. The molecule has 3 N–H and O–H groups in total. The van der Waals surface area contributed by atoms with Gasteiger partial charge in [-0.05, 0) is 50.9 Å². The van der Waals surface area contributed by atoms with Gasteiger partial charge in [0.15, 0.2) is 0 Å². The average Bonchev–Trinajstić information content (AvgIpc) is 3.43. The Labute approximate surface area is 206 Å². The van der Waals surface area contributed by atoms with E-state index < -0.39 is 0 Å². The molecule has 2 heterocycles. The molecule has 0 saturated heterocycles. The summed E-state index contributed by atoms with van der Waals surface area (Å²) < 4.78 is 2.30. The summed E-state index contributed by atoms with van der Waals surface area (Å²) in [5, 5.41) is 0. The molecule has 5 heteroatoms. The fraction of sp³-hybridized carbons (Fsp3) is 0.360. The monoisotopic (exact) mass is 477 g/mol. The van der Waals surface area contributed by atoms with Gasteiger partial charge in [-0.3, -0.25) is 0 Å². The van der Waals surface area contributed by atoms with Crippen molar-refractivity contribution in [3.8, 4) is 11.3 Å². The quantitative estimate of drug-likeness (QED) is 0.446. The summed E-state index contributed by atoms with van der Waals surface area (Å²) in [6.45, 7) is 7.31. The maximum atomic E-state index is 7.37. The summed E-state index contributed by atoms with van der Waals surface area (Å²) in [6, 6.07) is 10.6. The minimum Gasteiger partial charge on any atom is -0.699 e. The number of aromatic nitrogens is 2. The van der Waals surface area contributed by atoms with E-state index in [0.717, 1.165) is 18.7 Å². The second-order valence-corrected chi connectivity index (χ2v) is 7.73. The van der Waals surface area contributed by atoms with Crippen LogP contribution in [-0.4, -0.2) is 16.6 Å². The maximum Gasteiger partial charge on any atom is 0.109 e. The molecule has 2 aromatic carbocycles. The van der Waals surface area contributed by atoms with Crippen molar-refractivity contribution in [2.75, 3.05) is 7.05 Å². The molecule has 3 aromatic rings. The molecule has 0 atom stereocenters. The summed E-state index contributed by atoms with van der Waals surface area (Å²) in [4.78, 5) is 4.74. The molecular formula is C25H32N4Y-2. The third-order valence-corrected chi connectivity index (χ3v) is 5.81. The molecule has 0 amide bonds. The zero-order valence-electron chi connectivity index (χ0n) is 18.6. The van der Waals surface area contributed by atoms with Gasteiger partial charge in [0, 0.05) is 51.9 Å². The van der Waals surface area contributed by atoms with Crippen molar-refractivity contribution in [1.29, 1.82) is 0 Å². The van der Waals surface area contributed by atoms with Crippen molar-refractivity contribution in [2.45, 2.75) is 53.0 Å². The van der Waals surface area contributed by atoms with Crippen LogP contribution in [0, 0.1) is 27.2 Å². The second kappa shape index (κ2) is 11.1. The summed E-state index contributed by atoms with van der Waals surface area (Å²) >= 11 is 0. The number of rotatable bonds is 1.